The molecule has 0 saturated heterocycles. The number of carbonyl (C=O) groups is 1. The predicted molar refractivity (Wildman–Crippen MR) is 154 cm³/mol. The van der Waals surface area contributed by atoms with Gasteiger partial charge in [-0.3, -0.25) is 14.9 Å². The second kappa shape index (κ2) is 11.1. The first-order valence-corrected chi connectivity index (χ1v) is 13.9. The zero-order chi connectivity index (χ0) is 28.4. The number of methoxy groups -OCH3 is 1. The Balaban J connectivity index is 1.45. The average Bonchev–Trinajstić information content (AvgIpc) is 3.69. The summed E-state index contributed by atoms with van der Waals surface area (Å²) in [5.41, 5.74) is 2.24. The van der Waals surface area contributed by atoms with Crippen LogP contribution in [0.3, 0.4) is 0 Å². The monoisotopic (exact) mass is 561 g/mol. The van der Waals surface area contributed by atoms with Crippen molar-refractivity contribution in [2.24, 2.45) is 16.3 Å². The number of nitrogens with one attached hydrogen (secondary N) is 1. The zero-order valence-electron chi connectivity index (χ0n) is 22.9. The Bertz CT molecular complexity index is 1560. The van der Waals surface area contributed by atoms with E-state index >= 15 is 0 Å². The number of rotatable bonds is 8. The largest absolute Gasteiger partial charge is 0.496 e. The number of benzene rings is 1. The van der Waals surface area contributed by atoms with Crippen molar-refractivity contribution >= 4 is 34.1 Å². The van der Waals surface area contributed by atoms with Crippen LogP contribution in [0.2, 0.25) is 0 Å². The molecule has 10 heteroatoms. The SMILES string of the molecule is COc1ccc([N+](=O)[O-])cc1-c1ccc(C=Nc2sc3c(c2C(=O)NCc2ccco2)CC[C@@H](C(C)(C)C)C3)o1. The summed E-state index contributed by atoms with van der Waals surface area (Å²) in [6, 6.07) is 11.4. The highest BCUT2D eigenvalue weighted by molar-refractivity contribution is 7.16. The lowest BCUT2D eigenvalue weighted by molar-refractivity contribution is -0.384. The molecule has 0 fully saturated rings. The van der Waals surface area contributed by atoms with Crippen molar-refractivity contribution in [1.29, 1.82) is 0 Å². The number of hydrogen-bond donors (Lipinski definition) is 1. The lowest BCUT2D eigenvalue weighted by Gasteiger charge is -2.33. The highest BCUT2D eigenvalue weighted by Crippen LogP contribution is 2.45. The van der Waals surface area contributed by atoms with Crippen LogP contribution in [0.25, 0.3) is 11.3 Å². The Morgan fingerprint density at radius 2 is 2.10 bits per heavy atom. The van der Waals surface area contributed by atoms with Crippen molar-refractivity contribution in [2.45, 2.75) is 46.6 Å². The second-order valence-corrected chi connectivity index (χ2v) is 11.9. The van der Waals surface area contributed by atoms with Crippen LogP contribution < -0.4 is 10.1 Å². The number of carbonyl (C=O) groups excluding carboxylic acids is 1. The third kappa shape index (κ3) is 5.72. The van der Waals surface area contributed by atoms with Crippen molar-refractivity contribution in [3.05, 3.63) is 86.4 Å². The predicted octanol–water partition coefficient (Wildman–Crippen LogP) is 7.35. The summed E-state index contributed by atoms with van der Waals surface area (Å²) >= 11 is 1.55. The van der Waals surface area contributed by atoms with Gasteiger partial charge in [-0.2, -0.15) is 0 Å². The van der Waals surface area contributed by atoms with Gasteiger partial charge >= 0.3 is 0 Å². The first kappa shape index (κ1) is 27.4. The van der Waals surface area contributed by atoms with Gasteiger partial charge in [-0.15, -0.1) is 11.3 Å². The highest BCUT2D eigenvalue weighted by Gasteiger charge is 2.33. The summed E-state index contributed by atoms with van der Waals surface area (Å²) in [5.74, 6) is 2.33. The van der Waals surface area contributed by atoms with Gasteiger partial charge in [0.05, 0.1) is 42.2 Å². The Labute approximate surface area is 236 Å². The number of non-ortho nitro benzene ring substituents is 1. The van der Waals surface area contributed by atoms with Crippen molar-refractivity contribution in [3.63, 3.8) is 0 Å². The molecular weight excluding hydrogens is 530 g/mol. The maximum absolute atomic E-state index is 13.4. The molecule has 0 aliphatic heterocycles. The number of ether oxygens (including phenoxy) is 1. The van der Waals surface area contributed by atoms with Crippen molar-refractivity contribution in [2.75, 3.05) is 7.11 Å². The first-order chi connectivity index (χ1) is 19.1. The molecule has 3 aromatic heterocycles. The molecule has 1 amide bonds. The van der Waals surface area contributed by atoms with Gasteiger partial charge in [-0.25, -0.2) is 4.99 Å². The molecule has 0 unspecified atom stereocenters. The number of amides is 1. The van der Waals surface area contributed by atoms with Gasteiger partial charge in [0.2, 0.25) is 0 Å². The van der Waals surface area contributed by atoms with E-state index in [-0.39, 0.29) is 23.6 Å². The van der Waals surface area contributed by atoms with E-state index in [0.717, 1.165) is 24.8 Å². The number of aliphatic imine (C=N–C) groups is 1. The van der Waals surface area contributed by atoms with Crippen molar-refractivity contribution < 1.29 is 23.3 Å². The van der Waals surface area contributed by atoms with E-state index in [4.69, 9.17) is 18.6 Å². The molecular formula is C30H31N3O6S. The highest BCUT2D eigenvalue weighted by atomic mass is 32.1. The summed E-state index contributed by atoms with van der Waals surface area (Å²) in [5, 5.41) is 14.9. The van der Waals surface area contributed by atoms with Gasteiger partial charge in [-0.05, 0) is 66.5 Å². The van der Waals surface area contributed by atoms with E-state index in [2.05, 4.69) is 26.1 Å². The van der Waals surface area contributed by atoms with Gasteiger partial charge in [0.15, 0.2) is 0 Å². The molecule has 3 heterocycles. The molecule has 4 aromatic rings. The number of thiophene rings is 1. The number of furan rings is 2. The van der Waals surface area contributed by atoms with Crippen LogP contribution in [0.15, 0.2) is 62.6 Å². The number of hydrogen-bond acceptors (Lipinski definition) is 8. The van der Waals surface area contributed by atoms with Crippen molar-refractivity contribution in [3.8, 4) is 17.1 Å². The summed E-state index contributed by atoms with van der Waals surface area (Å²) < 4.78 is 16.7. The van der Waals surface area contributed by atoms with Crippen molar-refractivity contribution in [1.82, 2.24) is 5.32 Å². The number of nitro benzene ring substituents is 1. The van der Waals surface area contributed by atoms with E-state index in [9.17, 15) is 14.9 Å². The standard InChI is InChI=1S/C30H31N3O6S/c1-30(2,3)18-7-10-22-26(14-18)40-29(27(22)28(34)31-16-20-6-5-13-38-20)32-17-21-9-12-25(39-21)23-15-19(33(35)36)8-11-24(23)37-4/h5-6,8-9,11-13,15,17-18H,7,10,14,16H2,1-4H3,(H,31,34)/t18-/m1/s1. The molecule has 0 radical (unpaired) electrons. The lowest BCUT2D eigenvalue weighted by Crippen LogP contribution is -2.28. The van der Waals surface area contributed by atoms with E-state index in [1.165, 1.54) is 24.1 Å². The van der Waals surface area contributed by atoms with Crippen LogP contribution in [0, 0.1) is 21.4 Å². The molecule has 1 aromatic carbocycles. The fourth-order valence-corrected chi connectivity index (χ4v) is 6.26. The molecule has 1 aliphatic rings. The van der Waals surface area contributed by atoms with Gasteiger partial charge in [0.25, 0.3) is 11.6 Å². The second-order valence-electron chi connectivity index (χ2n) is 10.9. The van der Waals surface area contributed by atoms with E-state index < -0.39 is 4.92 Å². The van der Waals surface area contributed by atoms with E-state index in [1.54, 1.807) is 48.1 Å². The smallest absolute Gasteiger partial charge is 0.270 e. The third-order valence-corrected chi connectivity index (χ3v) is 8.46. The minimum Gasteiger partial charge on any atom is -0.496 e. The molecule has 0 bridgehead atoms. The Kier molecular flexibility index (Phi) is 7.62. The van der Waals surface area contributed by atoms with E-state index in [1.807, 2.05) is 6.07 Å². The van der Waals surface area contributed by atoms with Crippen LogP contribution in [0.1, 0.15) is 59.5 Å². The normalized spacial score (nSPS) is 15.2. The molecule has 40 heavy (non-hydrogen) atoms. The number of fused-ring (bicyclic) bond motifs is 1. The summed E-state index contributed by atoms with van der Waals surface area (Å²) in [6.07, 6.45) is 5.91. The molecule has 5 rings (SSSR count). The summed E-state index contributed by atoms with van der Waals surface area (Å²) in [7, 11) is 1.50. The molecule has 9 nitrogen and oxygen atoms in total. The maximum Gasteiger partial charge on any atom is 0.270 e. The van der Waals surface area contributed by atoms with Crippen LogP contribution in [-0.4, -0.2) is 24.2 Å². The third-order valence-electron chi connectivity index (χ3n) is 7.30. The maximum atomic E-state index is 13.4. The Hall–Kier alpha value is -4.18. The van der Waals surface area contributed by atoms with Crippen LogP contribution in [0.4, 0.5) is 10.7 Å². The molecule has 0 saturated carbocycles. The number of nitrogens with zero attached hydrogens (tertiary/aromatic N) is 2. The Morgan fingerprint density at radius 1 is 1.27 bits per heavy atom. The van der Waals surface area contributed by atoms with E-state index in [0.29, 0.717) is 45.1 Å². The fourth-order valence-electron chi connectivity index (χ4n) is 5.00. The first-order valence-electron chi connectivity index (χ1n) is 13.1. The fraction of sp³-hybridized carbons (Fsp3) is 0.333. The van der Waals surface area contributed by atoms with Crippen LogP contribution in [-0.2, 0) is 19.4 Å². The topological polar surface area (TPSA) is 120 Å². The molecule has 1 aliphatic carbocycles. The minimum atomic E-state index is -0.463. The molecule has 1 N–H and O–H groups in total. The number of nitro groups is 1. The average molecular weight is 562 g/mol. The van der Waals surface area contributed by atoms with Crippen LogP contribution in [0.5, 0.6) is 5.75 Å². The van der Waals surface area contributed by atoms with Gasteiger partial charge < -0.3 is 18.9 Å². The van der Waals surface area contributed by atoms with Gasteiger partial charge in [-0.1, -0.05) is 20.8 Å². The summed E-state index contributed by atoms with van der Waals surface area (Å²) in [4.78, 5) is 30.1. The Morgan fingerprint density at radius 3 is 2.80 bits per heavy atom. The lowest BCUT2D eigenvalue weighted by atomic mass is 9.72. The quantitative estimate of drug-likeness (QED) is 0.136. The minimum absolute atomic E-state index is 0.0645. The van der Waals surface area contributed by atoms with Gasteiger partial charge in [0, 0.05) is 17.0 Å². The summed E-state index contributed by atoms with van der Waals surface area (Å²) in [6.45, 7) is 7.07. The molecule has 1 atom stereocenters. The zero-order valence-corrected chi connectivity index (χ0v) is 23.7. The van der Waals surface area contributed by atoms with Crippen LogP contribution >= 0.6 is 11.3 Å². The molecule has 0 spiro atoms. The molecule has 208 valence electrons. The van der Waals surface area contributed by atoms with Gasteiger partial charge in [0.1, 0.15) is 28.0 Å².